The van der Waals surface area contributed by atoms with Crippen molar-refractivity contribution in [2.75, 3.05) is 0 Å². The molecule has 0 atom stereocenters. The first-order chi connectivity index (χ1) is 8.17. The summed E-state index contributed by atoms with van der Waals surface area (Å²) in [6.45, 7) is 5.07. The minimum absolute atomic E-state index is 0.247. The molecule has 4 rings (SSSR count). The van der Waals surface area contributed by atoms with Gasteiger partial charge in [-0.2, -0.15) is 0 Å². The maximum absolute atomic E-state index is 12.3. The lowest BCUT2D eigenvalue weighted by atomic mass is 9.34. The van der Waals surface area contributed by atoms with E-state index >= 15 is 0 Å². The Hall–Kier alpha value is -1.39. The highest BCUT2D eigenvalue weighted by Gasteiger charge is 2.71. The number of esters is 2. The smallest absolute Gasteiger partial charge is 0.331 e. The first-order valence-electron chi connectivity index (χ1n) is 6.17. The zero-order chi connectivity index (χ0) is 13.3. The summed E-state index contributed by atoms with van der Waals surface area (Å²) in [5.74, 6) is -4.48. The van der Waals surface area contributed by atoms with Crippen LogP contribution < -0.4 is 0 Å². The van der Waals surface area contributed by atoms with Crippen LogP contribution >= 0.6 is 0 Å². The monoisotopic (exact) mass is 252 g/mol. The van der Waals surface area contributed by atoms with E-state index in [0.29, 0.717) is 0 Å². The lowest BCUT2D eigenvalue weighted by Crippen LogP contribution is -2.67. The van der Waals surface area contributed by atoms with E-state index in [4.69, 9.17) is 9.47 Å². The largest absolute Gasteiger partial charge is 0.422 e. The molecule has 4 fully saturated rings. The number of ketones is 1. The first kappa shape index (κ1) is 11.7. The van der Waals surface area contributed by atoms with Crippen molar-refractivity contribution in [2.45, 2.75) is 45.8 Å². The second-order valence-corrected chi connectivity index (χ2v) is 6.66. The van der Waals surface area contributed by atoms with Gasteiger partial charge in [0.2, 0.25) is 5.92 Å². The summed E-state index contributed by atoms with van der Waals surface area (Å²) in [6, 6.07) is 0. The van der Waals surface area contributed by atoms with Crippen LogP contribution in [0.5, 0.6) is 0 Å². The summed E-state index contributed by atoms with van der Waals surface area (Å²) in [5, 5.41) is 0. The molecule has 5 heteroatoms. The molecule has 1 heterocycles. The molecule has 4 aliphatic rings. The Labute approximate surface area is 105 Å². The number of ether oxygens (including phenoxy) is 2. The van der Waals surface area contributed by atoms with Crippen molar-refractivity contribution in [3.63, 3.8) is 0 Å². The molecule has 18 heavy (non-hydrogen) atoms. The molecule has 0 N–H and O–H groups in total. The molecule has 0 aromatic heterocycles. The number of Topliss-reactive ketones (excluding diaryl/α,β-unsaturated/α-hetero) is 1. The van der Waals surface area contributed by atoms with Crippen molar-refractivity contribution in [3.8, 4) is 0 Å². The molecule has 0 aromatic carbocycles. The Morgan fingerprint density at radius 3 is 1.89 bits per heavy atom. The van der Waals surface area contributed by atoms with Crippen molar-refractivity contribution >= 4 is 17.7 Å². The first-order valence-corrected chi connectivity index (χ1v) is 6.17. The second-order valence-electron chi connectivity index (χ2n) is 6.66. The number of hydrogen-bond acceptors (Lipinski definition) is 5. The molecule has 0 spiro atoms. The van der Waals surface area contributed by atoms with E-state index in [2.05, 4.69) is 6.92 Å². The molecule has 1 saturated heterocycles. The molecular weight excluding hydrogens is 236 g/mol. The Bertz CT molecular complexity index is 436. The van der Waals surface area contributed by atoms with Crippen LogP contribution in [0.3, 0.4) is 0 Å². The molecule has 1 aliphatic heterocycles. The zero-order valence-corrected chi connectivity index (χ0v) is 10.7. The number of carbonyl (C=O) groups is 3. The minimum Gasteiger partial charge on any atom is -0.422 e. The molecule has 0 amide bonds. The summed E-state index contributed by atoms with van der Waals surface area (Å²) in [7, 11) is 0. The quantitative estimate of drug-likeness (QED) is 0.545. The zero-order valence-electron chi connectivity index (χ0n) is 10.7. The summed E-state index contributed by atoms with van der Waals surface area (Å²) in [5.41, 5.74) is -0.212. The third-order valence-electron chi connectivity index (χ3n) is 4.24. The third kappa shape index (κ3) is 1.36. The standard InChI is InChI=1S/C13H16O5/c1-11(2)17-9(15)7(10(16)18-11)8(14)13-4-12(3,5-13)6-13/h7H,4-6H2,1-3H3. The van der Waals surface area contributed by atoms with Gasteiger partial charge in [0.1, 0.15) is 0 Å². The van der Waals surface area contributed by atoms with Gasteiger partial charge in [-0.3, -0.25) is 14.4 Å². The van der Waals surface area contributed by atoms with E-state index in [1.165, 1.54) is 13.8 Å². The van der Waals surface area contributed by atoms with Gasteiger partial charge < -0.3 is 9.47 Å². The summed E-state index contributed by atoms with van der Waals surface area (Å²) >= 11 is 0. The van der Waals surface area contributed by atoms with E-state index in [-0.39, 0.29) is 11.2 Å². The Kier molecular flexibility index (Phi) is 1.92. The van der Waals surface area contributed by atoms with Gasteiger partial charge in [-0.1, -0.05) is 6.92 Å². The molecule has 3 saturated carbocycles. The van der Waals surface area contributed by atoms with Crippen LogP contribution in [0.4, 0.5) is 0 Å². The maximum atomic E-state index is 12.3. The predicted octanol–water partition coefficient (Wildman–Crippen LogP) is 1.20. The highest BCUT2D eigenvalue weighted by Crippen LogP contribution is 2.74. The normalized spacial score (nSPS) is 41.3. The van der Waals surface area contributed by atoms with Gasteiger partial charge in [0, 0.05) is 19.3 Å². The van der Waals surface area contributed by atoms with Crippen molar-refractivity contribution in [2.24, 2.45) is 16.7 Å². The Morgan fingerprint density at radius 1 is 1.06 bits per heavy atom. The van der Waals surface area contributed by atoms with E-state index < -0.39 is 29.1 Å². The average molecular weight is 252 g/mol. The van der Waals surface area contributed by atoms with Crippen LogP contribution in [0.15, 0.2) is 0 Å². The molecular formula is C13H16O5. The molecule has 5 nitrogen and oxygen atoms in total. The molecule has 0 aromatic rings. The Morgan fingerprint density at radius 2 is 1.50 bits per heavy atom. The van der Waals surface area contributed by atoms with E-state index in [1.807, 2.05) is 0 Å². The van der Waals surface area contributed by atoms with Crippen LogP contribution in [0.25, 0.3) is 0 Å². The van der Waals surface area contributed by atoms with Crippen molar-refractivity contribution < 1.29 is 23.9 Å². The van der Waals surface area contributed by atoms with Crippen LogP contribution in [-0.4, -0.2) is 23.5 Å². The number of rotatable bonds is 2. The van der Waals surface area contributed by atoms with Gasteiger partial charge in [0.05, 0.1) is 0 Å². The van der Waals surface area contributed by atoms with E-state index in [1.54, 1.807) is 0 Å². The average Bonchev–Trinajstić information content (AvgIpc) is 2.07. The van der Waals surface area contributed by atoms with Gasteiger partial charge in [0.25, 0.3) is 5.79 Å². The molecule has 3 aliphatic carbocycles. The van der Waals surface area contributed by atoms with Crippen molar-refractivity contribution in [1.29, 1.82) is 0 Å². The van der Waals surface area contributed by atoms with Gasteiger partial charge in [0.15, 0.2) is 5.78 Å². The molecule has 0 radical (unpaired) electrons. The lowest BCUT2D eigenvalue weighted by Gasteiger charge is -2.69. The van der Waals surface area contributed by atoms with E-state index in [0.717, 1.165) is 19.3 Å². The Balaban J connectivity index is 1.79. The van der Waals surface area contributed by atoms with Crippen LogP contribution in [0, 0.1) is 16.7 Å². The fraction of sp³-hybridized carbons (Fsp3) is 0.769. The molecule has 0 unspecified atom stereocenters. The van der Waals surface area contributed by atoms with E-state index in [9.17, 15) is 14.4 Å². The highest BCUT2D eigenvalue weighted by atomic mass is 16.7. The van der Waals surface area contributed by atoms with Gasteiger partial charge in [-0.05, 0) is 24.7 Å². The van der Waals surface area contributed by atoms with Crippen LogP contribution in [-0.2, 0) is 23.9 Å². The summed E-state index contributed by atoms with van der Waals surface area (Å²) in [6.07, 6.45) is 2.33. The van der Waals surface area contributed by atoms with Gasteiger partial charge >= 0.3 is 11.9 Å². The molecule has 98 valence electrons. The van der Waals surface area contributed by atoms with Crippen LogP contribution in [0.1, 0.15) is 40.0 Å². The number of hydrogen-bond donors (Lipinski definition) is 0. The predicted molar refractivity (Wildman–Crippen MR) is 59.2 cm³/mol. The van der Waals surface area contributed by atoms with Gasteiger partial charge in [-0.15, -0.1) is 0 Å². The SMILES string of the molecule is CC12CC(C(=O)C3C(=O)OC(C)(C)OC3=O)(C1)C2. The van der Waals surface area contributed by atoms with Gasteiger partial charge in [-0.25, -0.2) is 0 Å². The van der Waals surface area contributed by atoms with Crippen molar-refractivity contribution in [1.82, 2.24) is 0 Å². The maximum Gasteiger partial charge on any atom is 0.331 e. The number of cyclic esters (lactones) is 2. The third-order valence-corrected chi connectivity index (χ3v) is 4.24. The molecule has 2 bridgehead atoms. The van der Waals surface area contributed by atoms with Crippen molar-refractivity contribution in [3.05, 3.63) is 0 Å². The number of carbonyl (C=O) groups excluding carboxylic acids is 3. The fourth-order valence-electron chi connectivity index (χ4n) is 3.80. The fourth-order valence-corrected chi connectivity index (χ4v) is 3.80. The lowest BCUT2D eigenvalue weighted by molar-refractivity contribution is -0.244. The second kappa shape index (κ2) is 2.95. The summed E-state index contributed by atoms with van der Waals surface area (Å²) in [4.78, 5) is 35.9. The topological polar surface area (TPSA) is 69.7 Å². The minimum atomic E-state index is -1.37. The summed E-state index contributed by atoms with van der Waals surface area (Å²) < 4.78 is 9.96. The van der Waals surface area contributed by atoms with Crippen LogP contribution in [0.2, 0.25) is 0 Å². The highest BCUT2D eigenvalue weighted by molar-refractivity contribution is 6.18.